The summed E-state index contributed by atoms with van der Waals surface area (Å²) >= 11 is 1.60. The first-order valence-electron chi connectivity index (χ1n) is 0.622. The molecule has 0 aromatic heterocycles. The van der Waals surface area contributed by atoms with Crippen LogP contribution in [0.1, 0.15) is 0 Å². The Kier molecular flexibility index (Phi) is 3.09. The van der Waals surface area contributed by atoms with Crippen LogP contribution < -0.4 is 0 Å². The fourth-order valence-electron chi connectivity index (χ4n) is 0. The van der Waals surface area contributed by atoms with Crippen molar-refractivity contribution in [3.63, 3.8) is 0 Å². The van der Waals surface area contributed by atoms with E-state index in [2.05, 4.69) is 9.81 Å². The standard InChI is InChI=1S/C2H2O.Pt/c1-2-3;/h1,3H;/q;+1/p-1. The van der Waals surface area contributed by atoms with Crippen LogP contribution in [-0.4, -0.2) is 0 Å². The van der Waals surface area contributed by atoms with E-state index in [0.29, 0.717) is 0 Å². The molecule has 0 spiro atoms. The van der Waals surface area contributed by atoms with Crippen LogP contribution in [0.3, 0.4) is 0 Å². The number of terminal acetylenes is 1. The van der Waals surface area contributed by atoms with E-state index in [0.717, 1.165) is 0 Å². The first-order valence-corrected chi connectivity index (χ1v) is 1.55. The van der Waals surface area contributed by atoms with Gasteiger partial charge in [-0.2, -0.15) is 0 Å². The maximum atomic E-state index is 4.55. The van der Waals surface area contributed by atoms with E-state index in [1.165, 1.54) is 0 Å². The third kappa shape index (κ3) is 2.05. The van der Waals surface area contributed by atoms with E-state index >= 15 is 0 Å². The van der Waals surface area contributed by atoms with Crippen molar-refractivity contribution in [3.8, 4) is 12.5 Å². The summed E-state index contributed by atoms with van der Waals surface area (Å²) in [6.07, 6.45) is 6.47. The van der Waals surface area contributed by atoms with Gasteiger partial charge in [0.25, 0.3) is 0 Å². The Morgan fingerprint density at radius 1 is 2.00 bits per heavy atom. The van der Waals surface area contributed by atoms with Crippen molar-refractivity contribution in [1.82, 2.24) is 0 Å². The van der Waals surface area contributed by atoms with E-state index < -0.39 is 0 Å². The summed E-state index contributed by atoms with van der Waals surface area (Å²) in [4.78, 5) is 0. The molecule has 0 radical (unpaired) electrons. The van der Waals surface area contributed by atoms with Crippen molar-refractivity contribution in [2.45, 2.75) is 0 Å². The van der Waals surface area contributed by atoms with Crippen LogP contribution in [0.15, 0.2) is 0 Å². The first-order chi connectivity index (χ1) is 1.91. The third-order valence-corrected chi connectivity index (χ3v) is 0.305. The Morgan fingerprint density at radius 3 is 2.25 bits per heavy atom. The van der Waals surface area contributed by atoms with E-state index in [-0.39, 0.29) is 0 Å². The molecule has 1 nitrogen and oxygen atoms in total. The summed E-state index contributed by atoms with van der Waals surface area (Å²) < 4.78 is 4.04. The average molecular weight is 236 g/mol. The molecule has 0 aliphatic rings. The topological polar surface area (TPSA) is 9.23 Å². The molecule has 0 amide bonds. The predicted octanol–water partition coefficient (Wildman–Crippen LogP) is 0.0555. The SMILES string of the molecule is C#C[O][Pt]. The molecule has 0 N–H and O–H groups in total. The van der Waals surface area contributed by atoms with Gasteiger partial charge in [0, 0.05) is 0 Å². The molecule has 2 heteroatoms. The minimum absolute atomic E-state index is 1.60. The van der Waals surface area contributed by atoms with Crippen molar-refractivity contribution in [1.29, 1.82) is 0 Å². The predicted molar refractivity (Wildman–Crippen MR) is 9.92 cm³/mol. The van der Waals surface area contributed by atoms with Crippen molar-refractivity contribution in [2.75, 3.05) is 0 Å². The Morgan fingerprint density at radius 2 is 2.25 bits per heavy atom. The van der Waals surface area contributed by atoms with Gasteiger partial charge in [0.1, 0.15) is 0 Å². The molecule has 0 aromatic rings. The van der Waals surface area contributed by atoms with Crippen LogP contribution in [0.2, 0.25) is 0 Å². The van der Waals surface area contributed by atoms with Crippen molar-refractivity contribution in [3.05, 3.63) is 0 Å². The van der Waals surface area contributed by atoms with Gasteiger partial charge < -0.3 is 0 Å². The van der Waals surface area contributed by atoms with Gasteiger partial charge in [-0.3, -0.25) is 0 Å². The van der Waals surface area contributed by atoms with Gasteiger partial charge in [-0.15, -0.1) is 0 Å². The number of hydrogen-bond donors (Lipinski definition) is 0. The summed E-state index contributed by atoms with van der Waals surface area (Å²) in [6.45, 7) is 0. The Balaban J connectivity index is 2.43. The second-order valence-corrected chi connectivity index (χ2v) is 0.646. The van der Waals surface area contributed by atoms with Gasteiger partial charge in [0.15, 0.2) is 0 Å². The van der Waals surface area contributed by atoms with Gasteiger partial charge in [0.05, 0.1) is 0 Å². The van der Waals surface area contributed by atoms with E-state index in [1.54, 1.807) is 20.2 Å². The molecule has 0 heterocycles. The van der Waals surface area contributed by atoms with Gasteiger partial charge in [-0.05, 0) is 0 Å². The molecule has 0 bridgehead atoms. The molecule has 0 atom stereocenters. The molecular weight excluding hydrogens is 235 g/mol. The fraction of sp³-hybridized carbons (Fsp3) is 0. The fourth-order valence-corrected chi connectivity index (χ4v) is 0. The molecule has 0 saturated heterocycles. The summed E-state index contributed by atoms with van der Waals surface area (Å²) in [5, 5.41) is 0. The zero-order valence-electron chi connectivity index (χ0n) is 1.80. The third-order valence-electron chi connectivity index (χ3n) is 0.0373. The number of rotatable bonds is 0. The second kappa shape index (κ2) is 3.05. The van der Waals surface area contributed by atoms with Crippen LogP contribution in [0.25, 0.3) is 0 Å². The summed E-state index contributed by atoms with van der Waals surface area (Å²) in [5.74, 6) is 0. The van der Waals surface area contributed by atoms with E-state index in [9.17, 15) is 0 Å². The first kappa shape index (κ1) is 4.05. The molecular formula is C2HOPt. The van der Waals surface area contributed by atoms with Gasteiger partial charge in [-0.1, -0.05) is 0 Å². The zero-order chi connectivity index (χ0) is 3.41. The van der Waals surface area contributed by atoms with Crippen LogP contribution in [0.4, 0.5) is 0 Å². The maximum absolute atomic E-state index is 4.55. The normalized spacial score (nSPS) is 4.25. The van der Waals surface area contributed by atoms with Crippen molar-refractivity contribution >= 4 is 0 Å². The average Bonchev–Trinajstić information content (AvgIpc) is 1.37. The summed E-state index contributed by atoms with van der Waals surface area (Å²) in [5.41, 5.74) is 0. The monoisotopic (exact) mass is 236 g/mol. The molecule has 0 saturated carbocycles. The van der Waals surface area contributed by atoms with Crippen LogP contribution in [-0.2, 0) is 23.6 Å². The Hall–Kier alpha value is 0.0483. The summed E-state index contributed by atoms with van der Waals surface area (Å²) in [6, 6.07) is 0. The molecule has 0 unspecified atom stereocenters. The van der Waals surface area contributed by atoms with Crippen LogP contribution in [0, 0.1) is 12.5 Å². The van der Waals surface area contributed by atoms with Gasteiger partial charge in [-0.25, -0.2) is 0 Å². The van der Waals surface area contributed by atoms with Crippen molar-refractivity contribution < 1.29 is 23.6 Å². The molecule has 0 fully saturated rings. The molecule has 0 rings (SSSR count). The molecule has 4 heavy (non-hydrogen) atoms. The Bertz CT molecular complexity index is 35.8. The summed E-state index contributed by atoms with van der Waals surface area (Å²) in [7, 11) is 0. The molecule has 0 aliphatic carbocycles. The number of hydrogen-bond acceptors (Lipinski definition) is 1. The van der Waals surface area contributed by atoms with E-state index in [1.807, 2.05) is 6.11 Å². The Labute approximate surface area is 36.7 Å². The minimum atomic E-state index is 1.60. The van der Waals surface area contributed by atoms with Crippen LogP contribution in [0.5, 0.6) is 0 Å². The molecule has 25 valence electrons. The molecule has 0 aromatic carbocycles. The van der Waals surface area contributed by atoms with Crippen LogP contribution >= 0.6 is 0 Å². The second-order valence-electron chi connectivity index (χ2n) is 0.182. The van der Waals surface area contributed by atoms with Crippen molar-refractivity contribution in [2.24, 2.45) is 0 Å². The van der Waals surface area contributed by atoms with Gasteiger partial charge in [0.2, 0.25) is 0 Å². The quantitative estimate of drug-likeness (QED) is 0.540. The molecule has 0 aliphatic heterocycles. The van der Waals surface area contributed by atoms with Gasteiger partial charge >= 0.3 is 36.1 Å². The zero-order valence-corrected chi connectivity index (χ0v) is 4.07. The van der Waals surface area contributed by atoms with E-state index in [4.69, 9.17) is 0 Å².